The Kier molecular flexibility index (Phi) is 4.63. The minimum absolute atomic E-state index is 0.182. The van der Waals surface area contributed by atoms with Crippen molar-refractivity contribution in [2.45, 2.75) is 63.8 Å². The van der Waals surface area contributed by atoms with Gasteiger partial charge in [0.2, 0.25) is 0 Å². The van der Waals surface area contributed by atoms with Crippen LogP contribution in [0.5, 0.6) is 0 Å². The topological polar surface area (TPSA) is 32.7 Å². The van der Waals surface area contributed by atoms with Crippen molar-refractivity contribution in [3.05, 3.63) is 35.4 Å². The third-order valence-electron chi connectivity index (χ3n) is 4.56. The molecule has 2 aliphatic carbocycles. The van der Waals surface area contributed by atoms with Gasteiger partial charge in [-0.25, -0.2) is 0 Å². The second-order valence-corrected chi connectivity index (χ2v) is 6.72. The second-order valence-electron chi connectivity index (χ2n) is 6.72. The average molecular weight is 289 g/mol. The maximum Gasteiger partial charge on any atom is 0.0900 e. The highest BCUT2D eigenvalue weighted by atomic mass is 16.5. The molecule has 0 aliphatic heterocycles. The van der Waals surface area contributed by atoms with Gasteiger partial charge in [-0.2, -0.15) is 0 Å². The van der Waals surface area contributed by atoms with Crippen LogP contribution in [-0.2, 0) is 11.2 Å². The van der Waals surface area contributed by atoms with Crippen molar-refractivity contribution in [1.29, 1.82) is 0 Å². The van der Waals surface area contributed by atoms with Crippen molar-refractivity contribution in [2.24, 2.45) is 0 Å². The standard InChI is InChI=1S/C18H27NO2/c1-13(2)21-12-16(20)11-19(15-8-9-15)18-10-7-14-5-3-4-6-17(14)18/h3-6,13,15-16,18,20H,7-12H2,1-2H3. The summed E-state index contributed by atoms with van der Waals surface area (Å²) in [6, 6.07) is 9.93. The smallest absolute Gasteiger partial charge is 0.0900 e. The first-order valence-electron chi connectivity index (χ1n) is 8.28. The van der Waals surface area contributed by atoms with Crippen LogP contribution < -0.4 is 0 Å². The minimum atomic E-state index is -0.388. The summed E-state index contributed by atoms with van der Waals surface area (Å²) in [6.45, 7) is 5.20. The molecule has 1 saturated carbocycles. The summed E-state index contributed by atoms with van der Waals surface area (Å²) in [6.07, 6.45) is 4.70. The lowest BCUT2D eigenvalue weighted by molar-refractivity contribution is -0.0160. The van der Waals surface area contributed by atoms with E-state index in [0.717, 1.165) is 6.54 Å². The molecule has 1 aromatic carbocycles. The number of benzene rings is 1. The zero-order valence-electron chi connectivity index (χ0n) is 13.2. The lowest BCUT2D eigenvalue weighted by atomic mass is 10.1. The van der Waals surface area contributed by atoms with E-state index < -0.39 is 0 Å². The molecule has 2 aliphatic rings. The Morgan fingerprint density at radius 3 is 2.71 bits per heavy atom. The Balaban J connectivity index is 1.66. The molecule has 3 rings (SSSR count). The lowest BCUT2D eigenvalue weighted by Crippen LogP contribution is -2.38. The number of fused-ring (bicyclic) bond motifs is 1. The number of aryl methyl sites for hydroxylation is 1. The monoisotopic (exact) mass is 289 g/mol. The molecular weight excluding hydrogens is 262 g/mol. The highest BCUT2D eigenvalue weighted by Crippen LogP contribution is 2.41. The molecule has 3 heteroatoms. The molecule has 0 spiro atoms. The van der Waals surface area contributed by atoms with Gasteiger partial charge < -0.3 is 9.84 Å². The zero-order chi connectivity index (χ0) is 14.8. The van der Waals surface area contributed by atoms with Gasteiger partial charge in [0.25, 0.3) is 0 Å². The van der Waals surface area contributed by atoms with Crippen LogP contribution in [0.2, 0.25) is 0 Å². The summed E-state index contributed by atoms with van der Waals surface area (Å²) in [5.41, 5.74) is 2.96. The first-order valence-corrected chi connectivity index (χ1v) is 8.28. The number of rotatable bonds is 7. The van der Waals surface area contributed by atoms with Crippen molar-refractivity contribution < 1.29 is 9.84 Å². The van der Waals surface area contributed by atoms with E-state index in [1.54, 1.807) is 0 Å². The first-order chi connectivity index (χ1) is 10.1. The van der Waals surface area contributed by atoms with Gasteiger partial charge in [-0.15, -0.1) is 0 Å². The predicted molar refractivity (Wildman–Crippen MR) is 84.3 cm³/mol. The highest BCUT2D eigenvalue weighted by Gasteiger charge is 2.38. The van der Waals surface area contributed by atoms with E-state index in [1.807, 2.05) is 13.8 Å². The molecule has 0 bridgehead atoms. The molecular formula is C18H27NO2. The van der Waals surface area contributed by atoms with E-state index in [2.05, 4.69) is 29.2 Å². The predicted octanol–water partition coefficient (Wildman–Crippen LogP) is 2.92. The molecule has 2 unspecified atom stereocenters. The SMILES string of the molecule is CC(C)OCC(O)CN(C1CC1)C1CCc2ccccc21. The van der Waals surface area contributed by atoms with Crippen LogP contribution in [0.15, 0.2) is 24.3 Å². The number of nitrogens with zero attached hydrogens (tertiary/aromatic N) is 1. The maximum atomic E-state index is 10.3. The largest absolute Gasteiger partial charge is 0.389 e. The van der Waals surface area contributed by atoms with Crippen molar-refractivity contribution in [1.82, 2.24) is 4.90 Å². The van der Waals surface area contributed by atoms with E-state index >= 15 is 0 Å². The fraction of sp³-hybridized carbons (Fsp3) is 0.667. The van der Waals surface area contributed by atoms with Crippen LogP contribution in [0.3, 0.4) is 0 Å². The summed E-state index contributed by atoms with van der Waals surface area (Å²) in [5.74, 6) is 0. The van der Waals surface area contributed by atoms with Crippen molar-refractivity contribution in [3.63, 3.8) is 0 Å². The summed E-state index contributed by atoms with van der Waals surface area (Å²) >= 11 is 0. The van der Waals surface area contributed by atoms with Crippen molar-refractivity contribution in [2.75, 3.05) is 13.2 Å². The van der Waals surface area contributed by atoms with E-state index in [0.29, 0.717) is 18.7 Å². The van der Waals surface area contributed by atoms with Gasteiger partial charge >= 0.3 is 0 Å². The molecule has 0 heterocycles. The van der Waals surface area contributed by atoms with Gasteiger partial charge in [-0.3, -0.25) is 4.90 Å². The van der Waals surface area contributed by atoms with Gasteiger partial charge in [0, 0.05) is 18.6 Å². The average Bonchev–Trinajstić information content (AvgIpc) is 3.22. The molecule has 116 valence electrons. The van der Waals surface area contributed by atoms with Crippen LogP contribution in [0.4, 0.5) is 0 Å². The highest BCUT2D eigenvalue weighted by molar-refractivity contribution is 5.34. The van der Waals surface area contributed by atoms with Gasteiger partial charge in [0.05, 0.1) is 18.8 Å². The molecule has 1 fully saturated rings. The van der Waals surface area contributed by atoms with Crippen LogP contribution >= 0.6 is 0 Å². The van der Waals surface area contributed by atoms with Crippen molar-refractivity contribution >= 4 is 0 Å². The second kappa shape index (κ2) is 6.47. The Bertz CT molecular complexity index is 470. The van der Waals surface area contributed by atoms with E-state index in [9.17, 15) is 5.11 Å². The zero-order valence-corrected chi connectivity index (χ0v) is 13.2. The molecule has 0 aromatic heterocycles. The number of aliphatic hydroxyl groups is 1. The quantitative estimate of drug-likeness (QED) is 0.838. The number of aliphatic hydroxyl groups excluding tert-OH is 1. The minimum Gasteiger partial charge on any atom is -0.389 e. The number of ether oxygens (including phenoxy) is 1. The molecule has 1 aromatic rings. The van der Waals surface area contributed by atoms with E-state index in [-0.39, 0.29) is 12.2 Å². The summed E-state index contributed by atoms with van der Waals surface area (Å²) in [5, 5.41) is 10.3. The molecule has 1 N–H and O–H groups in total. The Morgan fingerprint density at radius 2 is 2.00 bits per heavy atom. The molecule has 0 saturated heterocycles. The maximum absolute atomic E-state index is 10.3. The van der Waals surface area contributed by atoms with Crippen LogP contribution in [0.1, 0.15) is 50.3 Å². The van der Waals surface area contributed by atoms with Crippen LogP contribution in [-0.4, -0.2) is 41.4 Å². The fourth-order valence-corrected chi connectivity index (χ4v) is 3.42. The van der Waals surface area contributed by atoms with Gasteiger partial charge in [-0.1, -0.05) is 24.3 Å². The first kappa shape index (κ1) is 15.0. The van der Waals surface area contributed by atoms with Gasteiger partial charge in [-0.05, 0) is 50.7 Å². The van der Waals surface area contributed by atoms with Gasteiger partial charge in [0.15, 0.2) is 0 Å². The third kappa shape index (κ3) is 3.65. The van der Waals surface area contributed by atoms with E-state index in [4.69, 9.17) is 4.74 Å². The van der Waals surface area contributed by atoms with E-state index in [1.165, 1.54) is 36.8 Å². The van der Waals surface area contributed by atoms with Crippen LogP contribution in [0, 0.1) is 0 Å². The summed E-state index contributed by atoms with van der Waals surface area (Å²) in [7, 11) is 0. The van der Waals surface area contributed by atoms with Crippen molar-refractivity contribution in [3.8, 4) is 0 Å². The summed E-state index contributed by atoms with van der Waals surface area (Å²) in [4.78, 5) is 2.53. The molecule has 2 atom stereocenters. The molecule has 0 radical (unpaired) electrons. The number of hydrogen-bond donors (Lipinski definition) is 1. The number of hydrogen-bond acceptors (Lipinski definition) is 3. The van der Waals surface area contributed by atoms with Crippen LogP contribution in [0.25, 0.3) is 0 Å². The molecule has 0 amide bonds. The summed E-state index contributed by atoms with van der Waals surface area (Å²) < 4.78 is 5.56. The molecule has 21 heavy (non-hydrogen) atoms. The third-order valence-corrected chi connectivity index (χ3v) is 4.56. The molecule has 3 nitrogen and oxygen atoms in total. The Hall–Kier alpha value is -0.900. The fourth-order valence-electron chi connectivity index (χ4n) is 3.42. The normalized spacial score (nSPS) is 22.8. The lowest BCUT2D eigenvalue weighted by Gasteiger charge is -2.31. The van der Waals surface area contributed by atoms with Gasteiger partial charge in [0.1, 0.15) is 0 Å². The Labute approximate surface area is 127 Å². The Morgan fingerprint density at radius 1 is 1.24 bits per heavy atom.